The van der Waals surface area contributed by atoms with Gasteiger partial charge in [-0.15, -0.1) is 0 Å². The Morgan fingerprint density at radius 3 is 2.81 bits per heavy atom. The summed E-state index contributed by atoms with van der Waals surface area (Å²) in [4.78, 5) is 21.7. The Morgan fingerprint density at radius 2 is 2.00 bits per heavy atom. The number of fused-ring (bicyclic) bond motifs is 1. The van der Waals surface area contributed by atoms with Crippen LogP contribution >= 0.6 is 11.6 Å². The van der Waals surface area contributed by atoms with Gasteiger partial charge < -0.3 is 16.0 Å². The quantitative estimate of drug-likeness (QED) is 0.462. The van der Waals surface area contributed by atoms with E-state index in [1.165, 1.54) is 31.2 Å². The minimum absolute atomic E-state index is 0.156. The number of nitrogens with one attached hydrogen (secondary N) is 3. The van der Waals surface area contributed by atoms with Crippen molar-refractivity contribution in [1.29, 1.82) is 0 Å². The van der Waals surface area contributed by atoms with Crippen molar-refractivity contribution in [3.05, 3.63) is 52.7 Å². The van der Waals surface area contributed by atoms with E-state index in [1.807, 2.05) is 12.1 Å². The van der Waals surface area contributed by atoms with Gasteiger partial charge in [0.15, 0.2) is 11.6 Å². The third-order valence-electron chi connectivity index (χ3n) is 4.88. The van der Waals surface area contributed by atoms with Gasteiger partial charge in [-0.05, 0) is 11.6 Å². The molecule has 0 fully saturated rings. The van der Waals surface area contributed by atoms with Crippen LogP contribution < -0.4 is 20.3 Å². The van der Waals surface area contributed by atoms with Crippen LogP contribution in [-0.2, 0) is 29.5 Å². The van der Waals surface area contributed by atoms with E-state index >= 15 is 0 Å². The number of hydrogen-bond donors (Lipinski definition) is 3. The van der Waals surface area contributed by atoms with Crippen molar-refractivity contribution in [1.82, 2.24) is 30.2 Å². The highest BCUT2D eigenvalue weighted by molar-refractivity contribution is 7.92. The molecule has 13 heteroatoms. The summed E-state index contributed by atoms with van der Waals surface area (Å²) < 4.78 is 24.9. The van der Waals surface area contributed by atoms with Crippen molar-refractivity contribution >= 4 is 45.0 Å². The molecule has 0 saturated carbocycles. The highest BCUT2D eigenvalue weighted by Gasteiger charge is 2.18. The predicted molar refractivity (Wildman–Crippen MR) is 123 cm³/mol. The minimum atomic E-state index is -3.49. The molecule has 3 aromatic rings. The van der Waals surface area contributed by atoms with Crippen LogP contribution in [-0.4, -0.2) is 53.2 Å². The number of hydrogen-bond acceptors (Lipinski definition) is 10. The first-order valence-electron chi connectivity index (χ1n) is 9.78. The Balaban J connectivity index is 1.51. The van der Waals surface area contributed by atoms with E-state index < -0.39 is 10.0 Å². The number of halogens is 1. The standard InChI is InChI=1S/C19H22ClN9O2S/c1-29(32(2,30)31)18-15(22-7-8-23-18)11-24-17-13(20)10-25-19(28-17)27-16-4-3-12-9-21-6-5-14(12)26-16/h3-4,7-8,10,21H,5-6,9,11H2,1-2H3,(H2,24,25,26,27,28). The third-order valence-corrected chi connectivity index (χ3v) is 6.32. The molecule has 32 heavy (non-hydrogen) atoms. The number of anilines is 4. The molecule has 3 N–H and O–H groups in total. The fraction of sp³-hybridized carbons (Fsp3) is 0.316. The Hall–Kier alpha value is -3.09. The lowest BCUT2D eigenvalue weighted by Gasteiger charge is -2.18. The smallest absolute Gasteiger partial charge is 0.233 e. The molecule has 0 aromatic carbocycles. The molecule has 4 rings (SSSR count). The summed E-state index contributed by atoms with van der Waals surface area (Å²) in [6.45, 7) is 1.87. The van der Waals surface area contributed by atoms with Gasteiger partial charge in [0.05, 0.1) is 19.0 Å². The van der Waals surface area contributed by atoms with Crippen LogP contribution in [0.1, 0.15) is 17.0 Å². The highest BCUT2D eigenvalue weighted by atomic mass is 35.5. The number of aromatic nitrogens is 5. The Morgan fingerprint density at radius 1 is 1.19 bits per heavy atom. The lowest BCUT2D eigenvalue weighted by molar-refractivity contribution is 0.599. The molecule has 0 amide bonds. The van der Waals surface area contributed by atoms with Gasteiger partial charge in [0.2, 0.25) is 16.0 Å². The van der Waals surface area contributed by atoms with Gasteiger partial charge in [-0.1, -0.05) is 17.7 Å². The molecule has 0 bridgehead atoms. The average Bonchev–Trinajstić information content (AvgIpc) is 2.78. The van der Waals surface area contributed by atoms with Crippen LogP contribution in [0.25, 0.3) is 0 Å². The zero-order valence-corrected chi connectivity index (χ0v) is 19.1. The molecular weight excluding hydrogens is 454 g/mol. The van der Waals surface area contributed by atoms with Gasteiger partial charge in [0.1, 0.15) is 16.5 Å². The first kappa shape index (κ1) is 22.1. The van der Waals surface area contributed by atoms with Gasteiger partial charge in [0.25, 0.3) is 0 Å². The summed E-state index contributed by atoms with van der Waals surface area (Å²) in [6, 6.07) is 3.91. The van der Waals surface area contributed by atoms with Crippen molar-refractivity contribution in [2.24, 2.45) is 0 Å². The molecule has 0 saturated heterocycles. The van der Waals surface area contributed by atoms with Gasteiger partial charge in [-0.3, -0.25) is 9.29 Å². The number of rotatable bonds is 7. The minimum Gasteiger partial charge on any atom is -0.363 e. The van der Waals surface area contributed by atoms with E-state index in [-0.39, 0.29) is 12.4 Å². The second kappa shape index (κ2) is 9.18. The van der Waals surface area contributed by atoms with Gasteiger partial charge >= 0.3 is 0 Å². The normalized spacial score (nSPS) is 13.3. The second-order valence-corrected chi connectivity index (χ2v) is 9.58. The van der Waals surface area contributed by atoms with Crippen LogP contribution in [0.2, 0.25) is 5.02 Å². The van der Waals surface area contributed by atoms with E-state index in [1.54, 1.807) is 0 Å². The molecule has 11 nitrogen and oxygen atoms in total. The van der Waals surface area contributed by atoms with Crippen molar-refractivity contribution < 1.29 is 8.42 Å². The summed E-state index contributed by atoms with van der Waals surface area (Å²) in [6.07, 6.45) is 6.36. The zero-order chi connectivity index (χ0) is 22.7. The monoisotopic (exact) mass is 475 g/mol. The molecule has 3 aromatic heterocycles. The number of pyridine rings is 1. The van der Waals surface area contributed by atoms with Crippen LogP contribution in [0.4, 0.5) is 23.4 Å². The Labute approximate surface area is 190 Å². The SMILES string of the molecule is CN(c1nccnc1CNc1nc(Nc2ccc3c(n2)CCNC3)ncc1Cl)S(C)(=O)=O. The lowest BCUT2D eigenvalue weighted by atomic mass is 10.1. The van der Waals surface area contributed by atoms with Crippen molar-refractivity contribution in [2.75, 3.05) is 34.8 Å². The van der Waals surface area contributed by atoms with E-state index in [0.717, 1.165) is 35.8 Å². The first-order chi connectivity index (χ1) is 15.3. The Bertz CT molecular complexity index is 1240. The van der Waals surface area contributed by atoms with E-state index in [2.05, 4.69) is 40.9 Å². The fourth-order valence-corrected chi connectivity index (χ4v) is 3.77. The van der Waals surface area contributed by atoms with Gasteiger partial charge in [0, 0.05) is 44.6 Å². The van der Waals surface area contributed by atoms with Gasteiger partial charge in [-0.2, -0.15) is 4.98 Å². The molecular formula is C19H22ClN9O2S. The summed E-state index contributed by atoms with van der Waals surface area (Å²) in [5, 5.41) is 9.80. The number of sulfonamides is 1. The summed E-state index contributed by atoms with van der Waals surface area (Å²) in [5.74, 6) is 1.56. The van der Waals surface area contributed by atoms with Crippen molar-refractivity contribution in [2.45, 2.75) is 19.5 Å². The molecule has 4 heterocycles. The van der Waals surface area contributed by atoms with Crippen LogP contribution in [0.15, 0.2) is 30.7 Å². The molecule has 0 spiro atoms. The predicted octanol–water partition coefficient (Wildman–Crippen LogP) is 1.71. The average molecular weight is 476 g/mol. The fourth-order valence-electron chi connectivity index (χ4n) is 3.14. The van der Waals surface area contributed by atoms with Gasteiger partial charge in [-0.25, -0.2) is 23.4 Å². The van der Waals surface area contributed by atoms with E-state index in [9.17, 15) is 8.42 Å². The maximum atomic E-state index is 11.9. The maximum Gasteiger partial charge on any atom is 0.233 e. The summed E-state index contributed by atoms with van der Waals surface area (Å²) >= 11 is 6.26. The zero-order valence-electron chi connectivity index (χ0n) is 17.5. The van der Waals surface area contributed by atoms with E-state index in [0.29, 0.717) is 28.3 Å². The lowest BCUT2D eigenvalue weighted by Crippen LogP contribution is -2.27. The molecule has 0 radical (unpaired) electrons. The molecule has 1 aliphatic heterocycles. The number of nitrogens with zero attached hydrogens (tertiary/aromatic N) is 6. The second-order valence-electron chi connectivity index (χ2n) is 7.15. The van der Waals surface area contributed by atoms with Crippen LogP contribution in [0.5, 0.6) is 0 Å². The summed E-state index contributed by atoms with van der Waals surface area (Å²) in [7, 11) is -2.07. The van der Waals surface area contributed by atoms with Crippen molar-refractivity contribution in [3.63, 3.8) is 0 Å². The molecule has 0 unspecified atom stereocenters. The molecule has 168 valence electrons. The molecule has 0 aliphatic carbocycles. The van der Waals surface area contributed by atoms with Crippen LogP contribution in [0, 0.1) is 0 Å². The highest BCUT2D eigenvalue weighted by Crippen LogP contribution is 2.24. The molecule has 0 atom stereocenters. The van der Waals surface area contributed by atoms with Crippen LogP contribution in [0.3, 0.4) is 0 Å². The maximum absolute atomic E-state index is 11.9. The van der Waals surface area contributed by atoms with Crippen molar-refractivity contribution in [3.8, 4) is 0 Å². The summed E-state index contributed by atoms with van der Waals surface area (Å²) in [5.41, 5.74) is 2.65. The van der Waals surface area contributed by atoms with E-state index in [4.69, 9.17) is 11.6 Å². The first-order valence-corrected chi connectivity index (χ1v) is 12.0. The molecule has 1 aliphatic rings. The largest absolute Gasteiger partial charge is 0.363 e. The topological polar surface area (TPSA) is 138 Å². The Kier molecular flexibility index (Phi) is 6.35. The third kappa shape index (κ3) is 5.03.